The van der Waals surface area contributed by atoms with E-state index in [9.17, 15) is 0 Å². The van der Waals surface area contributed by atoms with Crippen LogP contribution in [0, 0.1) is 0 Å². The van der Waals surface area contributed by atoms with Gasteiger partial charge in [-0.1, -0.05) is 12.2 Å². The number of hydrogen-bond acceptors (Lipinski definition) is 3. The van der Waals surface area contributed by atoms with Gasteiger partial charge in [0.25, 0.3) is 0 Å². The molecule has 0 unspecified atom stereocenters. The number of rotatable bonds is 4. The Morgan fingerprint density at radius 2 is 2.38 bits per heavy atom. The molecule has 0 bridgehead atoms. The lowest BCUT2D eigenvalue weighted by Gasteiger charge is -2.00. The van der Waals surface area contributed by atoms with E-state index < -0.39 is 0 Å². The molecule has 0 radical (unpaired) electrons. The summed E-state index contributed by atoms with van der Waals surface area (Å²) in [7, 11) is 0. The van der Waals surface area contributed by atoms with Crippen molar-refractivity contribution in [2.24, 2.45) is 0 Å². The smallest absolute Gasteiger partial charge is 0.213 e. The lowest BCUT2D eigenvalue weighted by molar-refractivity contribution is 0.327. The van der Waals surface area contributed by atoms with Crippen LogP contribution in [0.4, 0.5) is 0 Å². The molecule has 1 aromatic heterocycles. The second kappa shape index (κ2) is 5.32. The monoisotopic (exact) mass is 179 g/mol. The molecule has 3 heteroatoms. The molecule has 1 N–H and O–H groups in total. The predicted octanol–water partition coefficient (Wildman–Crippen LogP) is 1.49. The minimum atomic E-state index is 0.0488. The van der Waals surface area contributed by atoms with Gasteiger partial charge in [-0.2, -0.15) is 0 Å². The van der Waals surface area contributed by atoms with Crippen molar-refractivity contribution in [2.45, 2.75) is 6.92 Å². The Balaban J connectivity index is 2.64. The Morgan fingerprint density at radius 3 is 2.92 bits per heavy atom. The first-order chi connectivity index (χ1) is 6.36. The Bertz CT molecular complexity index is 267. The quantitative estimate of drug-likeness (QED) is 0.761. The summed E-state index contributed by atoms with van der Waals surface area (Å²) < 4.78 is 5.18. The van der Waals surface area contributed by atoms with Gasteiger partial charge in [0.2, 0.25) is 5.88 Å². The van der Waals surface area contributed by atoms with Crippen LogP contribution in [0.5, 0.6) is 5.88 Å². The van der Waals surface area contributed by atoms with Gasteiger partial charge in [-0.25, -0.2) is 4.98 Å². The van der Waals surface area contributed by atoms with E-state index in [1.807, 2.05) is 19.1 Å². The largest absolute Gasteiger partial charge is 0.478 e. The Kier molecular flexibility index (Phi) is 3.99. The maximum absolute atomic E-state index is 8.53. The number of ether oxygens (including phenoxy) is 1. The van der Waals surface area contributed by atoms with Gasteiger partial charge in [-0.15, -0.1) is 0 Å². The SMILES string of the molecule is CCOc1ccc(C=CCO)cn1. The van der Waals surface area contributed by atoms with Gasteiger partial charge in [0.1, 0.15) is 0 Å². The van der Waals surface area contributed by atoms with Crippen molar-refractivity contribution in [3.63, 3.8) is 0 Å². The summed E-state index contributed by atoms with van der Waals surface area (Å²) in [6, 6.07) is 3.70. The van der Waals surface area contributed by atoms with Crippen LogP contribution in [0.3, 0.4) is 0 Å². The predicted molar refractivity (Wildman–Crippen MR) is 51.5 cm³/mol. The van der Waals surface area contributed by atoms with Crippen molar-refractivity contribution in [3.8, 4) is 5.88 Å². The molecule has 3 nitrogen and oxygen atoms in total. The van der Waals surface area contributed by atoms with Gasteiger partial charge < -0.3 is 9.84 Å². The van der Waals surface area contributed by atoms with E-state index in [-0.39, 0.29) is 6.61 Å². The van der Waals surface area contributed by atoms with Crippen LogP contribution < -0.4 is 4.74 Å². The highest BCUT2D eigenvalue weighted by Crippen LogP contribution is 2.08. The van der Waals surface area contributed by atoms with Crippen molar-refractivity contribution in [2.75, 3.05) is 13.2 Å². The topological polar surface area (TPSA) is 42.4 Å². The summed E-state index contributed by atoms with van der Waals surface area (Å²) in [6.45, 7) is 2.59. The molecular formula is C10H13NO2. The Labute approximate surface area is 77.7 Å². The molecule has 13 heavy (non-hydrogen) atoms. The molecular weight excluding hydrogens is 166 g/mol. The van der Waals surface area contributed by atoms with E-state index in [1.165, 1.54) is 0 Å². The molecule has 0 aliphatic rings. The molecule has 0 saturated heterocycles. The summed E-state index contributed by atoms with van der Waals surface area (Å²) in [4.78, 5) is 4.07. The molecule has 0 atom stereocenters. The third-order valence-electron chi connectivity index (χ3n) is 1.47. The zero-order valence-electron chi connectivity index (χ0n) is 7.60. The highest BCUT2D eigenvalue weighted by Gasteiger charge is 1.91. The van der Waals surface area contributed by atoms with Gasteiger partial charge in [0.15, 0.2) is 0 Å². The van der Waals surface area contributed by atoms with Gasteiger partial charge in [-0.3, -0.25) is 0 Å². The number of aromatic nitrogens is 1. The maximum atomic E-state index is 8.53. The molecule has 1 rings (SSSR count). The zero-order valence-corrected chi connectivity index (χ0v) is 7.60. The molecule has 0 saturated carbocycles. The summed E-state index contributed by atoms with van der Waals surface area (Å²) in [5, 5.41) is 8.53. The summed E-state index contributed by atoms with van der Waals surface area (Å²) >= 11 is 0. The molecule has 0 spiro atoms. The molecule has 0 amide bonds. The van der Waals surface area contributed by atoms with E-state index in [0.29, 0.717) is 12.5 Å². The Morgan fingerprint density at radius 1 is 1.54 bits per heavy atom. The lowest BCUT2D eigenvalue weighted by atomic mass is 10.2. The highest BCUT2D eigenvalue weighted by atomic mass is 16.5. The van der Waals surface area contributed by atoms with E-state index >= 15 is 0 Å². The van der Waals surface area contributed by atoms with Crippen molar-refractivity contribution in [1.29, 1.82) is 0 Å². The molecule has 70 valence electrons. The van der Waals surface area contributed by atoms with E-state index in [1.54, 1.807) is 18.3 Å². The highest BCUT2D eigenvalue weighted by molar-refractivity contribution is 5.48. The van der Waals surface area contributed by atoms with Crippen LogP contribution in [0.25, 0.3) is 6.08 Å². The fourth-order valence-corrected chi connectivity index (χ4v) is 0.912. The van der Waals surface area contributed by atoms with Crippen LogP contribution in [-0.4, -0.2) is 23.3 Å². The fraction of sp³-hybridized carbons (Fsp3) is 0.300. The molecule has 0 aliphatic heterocycles. The van der Waals surface area contributed by atoms with Crippen LogP contribution in [0.1, 0.15) is 12.5 Å². The number of pyridine rings is 1. The number of aliphatic hydroxyl groups is 1. The minimum Gasteiger partial charge on any atom is -0.478 e. The van der Waals surface area contributed by atoms with Crippen molar-refractivity contribution >= 4 is 6.08 Å². The summed E-state index contributed by atoms with van der Waals surface area (Å²) in [5.74, 6) is 0.628. The second-order valence-corrected chi connectivity index (χ2v) is 2.45. The van der Waals surface area contributed by atoms with E-state index in [2.05, 4.69) is 4.98 Å². The average Bonchev–Trinajstić information content (AvgIpc) is 2.17. The first-order valence-corrected chi connectivity index (χ1v) is 4.23. The average molecular weight is 179 g/mol. The van der Waals surface area contributed by atoms with Gasteiger partial charge in [0.05, 0.1) is 13.2 Å². The third-order valence-corrected chi connectivity index (χ3v) is 1.47. The van der Waals surface area contributed by atoms with Gasteiger partial charge in [-0.05, 0) is 18.6 Å². The van der Waals surface area contributed by atoms with Crippen LogP contribution in [-0.2, 0) is 0 Å². The summed E-state index contributed by atoms with van der Waals surface area (Å²) in [5.41, 5.74) is 0.956. The second-order valence-electron chi connectivity index (χ2n) is 2.45. The van der Waals surface area contributed by atoms with Crippen molar-refractivity contribution < 1.29 is 9.84 Å². The van der Waals surface area contributed by atoms with E-state index in [4.69, 9.17) is 9.84 Å². The third kappa shape index (κ3) is 3.25. The number of nitrogens with zero attached hydrogens (tertiary/aromatic N) is 1. The molecule has 0 aromatic carbocycles. The first kappa shape index (κ1) is 9.74. The van der Waals surface area contributed by atoms with Crippen LogP contribution in [0.2, 0.25) is 0 Å². The lowest BCUT2D eigenvalue weighted by Crippen LogP contribution is -1.93. The van der Waals surface area contributed by atoms with Crippen molar-refractivity contribution in [3.05, 3.63) is 30.0 Å². The standard InChI is InChI=1S/C10H13NO2/c1-2-13-10-6-5-9(8-11-10)4-3-7-12/h3-6,8,12H,2,7H2,1H3. The zero-order chi connectivity index (χ0) is 9.52. The maximum Gasteiger partial charge on any atom is 0.213 e. The first-order valence-electron chi connectivity index (χ1n) is 4.23. The van der Waals surface area contributed by atoms with Crippen molar-refractivity contribution in [1.82, 2.24) is 4.98 Å². The molecule has 1 heterocycles. The summed E-state index contributed by atoms with van der Waals surface area (Å²) in [6.07, 6.45) is 5.18. The minimum absolute atomic E-state index is 0.0488. The fourth-order valence-electron chi connectivity index (χ4n) is 0.912. The van der Waals surface area contributed by atoms with Gasteiger partial charge in [0, 0.05) is 12.3 Å². The Hall–Kier alpha value is -1.35. The number of aliphatic hydroxyl groups excluding tert-OH is 1. The van der Waals surface area contributed by atoms with Crippen LogP contribution in [0.15, 0.2) is 24.4 Å². The molecule has 1 aromatic rings. The van der Waals surface area contributed by atoms with E-state index in [0.717, 1.165) is 5.56 Å². The normalized spacial score (nSPS) is 10.6. The number of hydrogen-bond donors (Lipinski definition) is 1. The molecule has 0 aliphatic carbocycles. The molecule has 0 fully saturated rings. The van der Waals surface area contributed by atoms with Gasteiger partial charge >= 0.3 is 0 Å². The van der Waals surface area contributed by atoms with Crippen LogP contribution >= 0.6 is 0 Å².